The van der Waals surface area contributed by atoms with E-state index >= 15 is 0 Å². The molecular formula is C14H17N3. The molecule has 0 saturated heterocycles. The molecule has 1 aliphatic carbocycles. The molecule has 17 heavy (non-hydrogen) atoms. The number of para-hydroxylation sites is 1. The van der Waals surface area contributed by atoms with Crippen molar-refractivity contribution in [3.8, 4) is 0 Å². The first-order chi connectivity index (χ1) is 8.36. The molecule has 0 spiro atoms. The summed E-state index contributed by atoms with van der Waals surface area (Å²) in [6, 6.07) is 12.7. The van der Waals surface area contributed by atoms with Crippen LogP contribution in [0.3, 0.4) is 0 Å². The van der Waals surface area contributed by atoms with E-state index in [4.69, 9.17) is 5.73 Å². The van der Waals surface area contributed by atoms with Gasteiger partial charge in [0.1, 0.15) is 5.82 Å². The van der Waals surface area contributed by atoms with Gasteiger partial charge in [0.2, 0.25) is 0 Å². The van der Waals surface area contributed by atoms with Crippen molar-refractivity contribution in [2.24, 2.45) is 11.7 Å². The van der Waals surface area contributed by atoms with Crippen LogP contribution in [0.15, 0.2) is 36.4 Å². The molecule has 1 unspecified atom stereocenters. The number of nitrogens with one attached hydrogen (secondary N) is 1. The smallest absolute Gasteiger partial charge is 0.126 e. The first kappa shape index (κ1) is 10.5. The molecule has 2 aromatic rings. The van der Waals surface area contributed by atoms with Gasteiger partial charge in [-0.15, -0.1) is 0 Å². The lowest BCUT2D eigenvalue weighted by molar-refractivity contribution is 0.643. The van der Waals surface area contributed by atoms with E-state index in [1.54, 1.807) is 0 Å². The normalized spacial score (nSPS) is 17.0. The third-order valence-corrected chi connectivity index (χ3v) is 3.38. The van der Waals surface area contributed by atoms with Gasteiger partial charge in [-0.25, -0.2) is 4.98 Å². The van der Waals surface area contributed by atoms with E-state index in [0.717, 1.165) is 17.3 Å². The Kier molecular flexibility index (Phi) is 2.69. The summed E-state index contributed by atoms with van der Waals surface area (Å²) < 4.78 is 0. The molecule has 1 aromatic heterocycles. The van der Waals surface area contributed by atoms with Crippen LogP contribution >= 0.6 is 0 Å². The van der Waals surface area contributed by atoms with Crippen LogP contribution in [0.2, 0.25) is 0 Å². The van der Waals surface area contributed by atoms with Gasteiger partial charge in [0.05, 0.1) is 5.52 Å². The molecule has 0 aliphatic heterocycles. The fourth-order valence-corrected chi connectivity index (χ4v) is 2.20. The van der Waals surface area contributed by atoms with Crippen LogP contribution in [0.1, 0.15) is 12.8 Å². The average Bonchev–Trinajstić information content (AvgIpc) is 3.20. The highest BCUT2D eigenvalue weighted by atomic mass is 15.0. The lowest BCUT2D eigenvalue weighted by Crippen LogP contribution is -2.31. The molecule has 1 aromatic carbocycles. The average molecular weight is 227 g/mol. The topological polar surface area (TPSA) is 50.9 Å². The van der Waals surface area contributed by atoms with Crippen LogP contribution in [0.25, 0.3) is 10.9 Å². The quantitative estimate of drug-likeness (QED) is 0.843. The Bertz CT molecular complexity index is 520. The molecule has 3 heteroatoms. The zero-order valence-corrected chi connectivity index (χ0v) is 9.76. The maximum atomic E-state index is 5.78. The van der Waals surface area contributed by atoms with Gasteiger partial charge in [-0.2, -0.15) is 0 Å². The van der Waals surface area contributed by atoms with Crippen molar-refractivity contribution in [1.29, 1.82) is 0 Å². The Morgan fingerprint density at radius 2 is 2.06 bits per heavy atom. The van der Waals surface area contributed by atoms with Gasteiger partial charge < -0.3 is 11.1 Å². The Labute approximate surface area is 101 Å². The van der Waals surface area contributed by atoms with E-state index in [9.17, 15) is 0 Å². The molecule has 1 atom stereocenters. The summed E-state index contributed by atoms with van der Waals surface area (Å²) in [7, 11) is 0. The van der Waals surface area contributed by atoms with E-state index in [2.05, 4.69) is 22.4 Å². The molecule has 1 heterocycles. The lowest BCUT2D eigenvalue weighted by Gasteiger charge is -2.16. The molecule has 3 N–H and O–H groups in total. The Balaban J connectivity index is 1.84. The predicted octanol–water partition coefficient (Wildman–Crippen LogP) is 2.38. The molecule has 1 saturated carbocycles. The number of nitrogens with zero attached hydrogens (tertiary/aromatic N) is 1. The highest BCUT2D eigenvalue weighted by Crippen LogP contribution is 2.33. The van der Waals surface area contributed by atoms with E-state index in [1.165, 1.54) is 18.2 Å². The standard InChI is InChI=1S/C14H17N3/c15-9-13(11-5-6-11)17-14-8-7-10-3-1-2-4-12(10)16-14/h1-4,7-8,11,13H,5-6,9,15H2,(H,16,17). The molecule has 0 amide bonds. The first-order valence-electron chi connectivity index (χ1n) is 6.19. The van der Waals surface area contributed by atoms with Gasteiger partial charge in [-0.1, -0.05) is 18.2 Å². The van der Waals surface area contributed by atoms with Gasteiger partial charge in [0.25, 0.3) is 0 Å². The zero-order valence-electron chi connectivity index (χ0n) is 9.76. The van der Waals surface area contributed by atoms with Gasteiger partial charge in [-0.05, 0) is 37.0 Å². The van der Waals surface area contributed by atoms with E-state index in [0.29, 0.717) is 12.6 Å². The van der Waals surface area contributed by atoms with Crippen LogP contribution < -0.4 is 11.1 Å². The van der Waals surface area contributed by atoms with Crippen molar-refractivity contribution >= 4 is 16.7 Å². The Hall–Kier alpha value is -1.61. The molecule has 0 radical (unpaired) electrons. The van der Waals surface area contributed by atoms with Crippen molar-refractivity contribution in [3.63, 3.8) is 0 Å². The minimum Gasteiger partial charge on any atom is -0.366 e. The highest BCUT2D eigenvalue weighted by molar-refractivity contribution is 5.80. The van der Waals surface area contributed by atoms with Crippen LogP contribution in [-0.4, -0.2) is 17.6 Å². The monoisotopic (exact) mass is 227 g/mol. The largest absolute Gasteiger partial charge is 0.366 e. The summed E-state index contributed by atoms with van der Waals surface area (Å²) in [4.78, 5) is 4.61. The SMILES string of the molecule is NCC(Nc1ccc2ccccc2n1)C1CC1. The maximum absolute atomic E-state index is 5.78. The lowest BCUT2D eigenvalue weighted by atomic mass is 10.2. The van der Waals surface area contributed by atoms with E-state index in [1.807, 2.05) is 24.3 Å². The molecule has 1 fully saturated rings. The Morgan fingerprint density at radius 1 is 1.24 bits per heavy atom. The summed E-state index contributed by atoms with van der Waals surface area (Å²) in [5.74, 6) is 1.68. The molecular weight excluding hydrogens is 210 g/mol. The van der Waals surface area contributed by atoms with Crippen LogP contribution in [0, 0.1) is 5.92 Å². The number of hydrogen-bond acceptors (Lipinski definition) is 3. The number of fused-ring (bicyclic) bond motifs is 1. The predicted molar refractivity (Wildman–Crippen MR) is 70.9 cm³/mol. The first-order valence-corrected chi connectivity index (χ1v) is 6.19. The van der Waals surface area contributed by atoms with Crippen molar-refractivity contribution in [2.75, 3.05) is 11.9 Å². The summed E-state index contributed by atoms with van der Waals surface area (Å²) >= 11 is 0. The molecule has 88 valence electrons. The highest BCUT2D eigenvalue weighted by Gasteiger charge is 2.30. The number of nitrogens with two attached hydrogens (primary N) is 1. The van der Waals surface area contributed by atoms with Gasteiger partial charge in [-0.3, -0.25) is 0 Å². The van der Waals surface area contributed by atoms with Crippen molar-refractivity contribution < 1.29 is 0 Å². The third kappa shape index (κ3) is 2.24. The second-order valence-corrected chi connectivity index (χ2v) is 4.71. The van der Waals surface area contributed by atoms with E-state index in [-0.39, 0.29) is 0 Å². The second kappa shape index (κ2) is 4.34. The van der Waals surface area contributed by atoms with Crippen LogP contribution in [0.5, 0.6) is 0 Å². The summed E-state index contributed by atoms with van der Waals surface area (Å²) in [5.41, 5.74) is 6.82. The van der Waals surface area contributed by atoms with Gasteiger partial charge in [0, 0.05) is 18.0 Å². The number of rotatable bonds is 4. The Morgan fingerprint density at radius 3 is 2.82 bits per heavy atom. The van der Waals surface area contributed by atoms with Crippen molar-refractivity contribution in [3.05, 3.63) is 36.4 Å². The number of benzene rings is 1. The fourth-order valence-electron chi connectivity index (χ4n) is 2.20. The number of hydrogen-bond donors (Lipinski definition) is 2. The number of aromatic nitrogens is 1. The number of pyridine rings is 1. The maximum Gasteiger partial charge on any atom is 0.126 e. The van der Waals surface area contributed by atoms with E-state index < -0.39 is 0 Å². The summed E-state index contributed by atoms with van der Waals surface area (Å²) in [6.45, 7) is 0.680. The van der Waals surface area contributed by atoms with Gasteiger partial charge >= 0.3 is 0 Å². The summed E-state index contributed by atoms with van der Waals surface area (Å²) in [6.07, 6.45) is 2.59. The third-order valence-electron chi connectivity index (χ3n) is 3.38. The van der Waals surface area contributed by atoms with Crippen molar-refractivity contribution in [2.45, 2.75) is 18.9 Å². The van der Waals surface area contributed by atoms with Gasteiger partial charge in [0.15, 0.2) is 0 Å². The van der Waals surface area contributed by atoms with Crippen molar-refractivity contribution in [1.82, 2.24) is 4.98 Å². The minimum absolute atomic E-state index is 0.378. The molecule has 1 aliphatic rings. The molecule has 0 bridgehead atoms. The van der Waals surface area contributed by atoms with Crippen LogP contribution in [0.4, 0.5) is 5.82 Å². The minimum atomic E-state index is 0.378. The number of anilines is 1. The zero-order chi connectivity index (χ0) is 11.7. The second-order valence-electron chi connectivity index (χ2n) is 4.71. The fraction of sp³-hybridized carbons (Fsp3) is 0.357. The van der Waals surface area contributed by atoms with Crippen LogP contribution in [-0.2, 0) is 0 Å². The summed E-state index contributed by atoms with van der Waals surface area (Å²) in [5, 5.41) is 4.62. The molecule has 3 rings (SSSR count). The molecule has 3 nitrogen and oxygen atoms in total.